The number of nitro groups is 1. The molecule has 8 heteroatoms. The number of carbonyl (C=O) groups is 1. The van der Waals surface area contributed by atoms with Crippen LogP contribution in [-0.4, -0.2) is 15.8 Å². The van der Waals surface area contributed by atoms with Gasteiger partial charge in [-0.15, -0.1) is 0 Å². The number of ether oxygens (including phenoxy) is 1. The summed E-state index contributed by atoms with van der Waals surface area (Å²) in [5.41, 5.74) is 0.809. The van der Waals surface area contributed by atoms with Crippen LogP contribution in [0.2, 0.25) is 0 Å². The Morgan fingerprint density at radius 3 is 2.68 bits per heavy atom. The molecular weight excluding hydrogens is 365 g/mol. The lowest BCUT2D eigenvalue weighted by Gasteiger charge is -2.11. The Morgan fingerprint density at radius 1 is 1.11 bits per heavy atom. The highest BCUT2D eigenvalue weighted by molar-refractivity contribution is 5.79. The molecule has 7 nitrogen and oxygen atoms in total. The minimum atomic E-state index is -0.519. The summed E-state index contributed by atoms with van der Waals surface area (Å²) in [4.78, 5) is 26.9. The monoisotopic (exact) mass is 381 g/mol. The fourth-order valence-corrected chi connectivity index (χ4v) is 2.56. The van der Waals surface area contributed by atoms with Crippen molar-refractivity contribution in [2.24, 2.45) is 0 Å². The summed E-state index contributed by atoms with van der Waals surface area (Å²) in [5, 5.41) is 13.7. The summed E-state index contributed by atoms with van der Waals surface area (Å²) in [6.07, 6.45) is 1.39. The normalized spacial score (nSPS) is 10.3. The third kappa shape index (κ3) is 4.88. The van der Waals surface area contributed by atoms with Gasteiger partial charge in [-0.2, -0.15) is 0 Å². The predicted molar refractivity (Wildman–Crippen MR) is 99.4 cm³/mol. The van der Waals surface area contributed by atoms with Crippen molar-refractivity contribution in [2.45, 2.75) is 13.0 Å². The number of nitrogens with zero attached hydrogens (tertiary/aromatic N) is 2. The lowest BCUT2D eigenvalue weighted by Crippen LogP contribution is -2.25. The van der Waals surface area contributed by atoms with Gasteiger partial charge in [0.1, 0.15) is 11.6 Å². The van der Waals surface area contributed by atoms with Crippen molar-refractivity contribution < 1.29 is 18.8 Å². The second-order valence-electron chi connectivity index (χ2n) is 5.87. The topological polar surface area (TPSA) is 94.4 Å². The number of nitrogens with one attached hydrogen (secondary N) is 1. The maximum atomic E-state index is 13.3. The molecular formula is C20H16FN3O4. The number of carbonyl (C=O) groups excluding carboxylic acids is 1. The van der Waals surface area contributed by atoms with E-state index in [2.05, 4.69) is 10.3 Å². The molecule has 1 heterocycles. The van der Waals surface area contributed by atoms with Gasteiger partial charge >= 0.3 is 0 Å². The lowest BCUT2D eigenvalue weighted by atomic mass is 10.1. The maximum absolute atomic E-state index is 13.3. The zero-order valence-electron chi connectivity index (χ0n) is 14.7. The number of hydrogen-bond donors (Lipinski definition) is 1. The van der Waals surface area contributed by atoms with Crippen LogP contribution in [0.15, 0.2) is 66.9 Å². The summed E-state index contributed by atoms with van der Waals surface area (Å²) in [5.74, 6) is -0.298. The van der Waals surface area contributed by atoms with Gasteiger partial charge in [0.25, 0.3) is 5.69 Å². The summed E-state index contributed by atoms with van der Waals surface area (Å²) in [6, 6.07) is 15.1. The molecule has 3 aromatic rings. The van der Waals surface area contributed by atoms with E-state index in [4.69, 9.17) is 4.74 Å². The molecule has 1 aromatic heterocycles. The first-order valence-corrected chi connectivity index (χ1v) is 8.39. The Hall–Kier alpha value is -3.81. The third-order valence-electron chi connectivity index (χ3n) is 3.88. The van der Waals surface area contributed by atoms with Crippen LogP contribution in [0, 0.1) is 15.9 Å². The van der Waals surface area contributed by atoms with Gasteiger partial charge < -0.3 is 10.1 Å². The van der Waals surface area contributed by atoms with Gasteiger partial charge in [0.15, 0.2) is 0 Å². The van der Waals surface area contributed by atoms with Gasteiger partial charge in [-0.25, -0.2) is 9.37 Å². The molecule has 28 heavy (non-hydrogen) atoms. The van der Waals surface area contributed by atoms with Crippen molar-refractivity contribution in [3.8, 4) is 11.6 Å². The van der Waals surface area contributed by atoms with E-state index in [1.165, 1.54) is 30.5 Å². The Kier molecular flexibility index (Phi) is 5.91. The molecule has 0 spiro atoms. The molecule has 142 valence electrons. The van der Waals surface area contributed by atoms with E-state index in [1.54, 1.807) is 36.4 Å². The molecule has 1 N–H and O–H groups in total. The summed E-state index contributed by atoms with van der Waals surface area (Å²) in [6.45, 7) is 0.109. The van der Waals surface area contributed by atoms with E-state index in [0.717, 1.165) is 0 Å². The number of aromatic nitrogens is 1. The Balaban J connectivity index is 1.66. The van der Waals surface area contributed by atoms with Crippen LogP contribution < -0.4 is 10.1 Å². The van der Waals surface area contributed by atoms with Gasteiger partial charge in [-0.3, -0.25) is 14.9 Å². The molecule has 1 amide bonds. The van der Waals surface area contributed by atoms with Crippen LogP contribution in [0.1, 0.15) is 11.1 Å². The molecule has 0 radical (unpaired) electrons. The van der Waals surface area contributed by atoms with E-state index in [-0.39, 0.29) is 36.2 Å². The number of para-hydroxylation sites is 1. The molecule has 2 aromatic carbocycles. The molecule has 0 saturated heterocycles. The average molecular weight is 381 g/mol. The highest BCUT2D eigenvalue weighted by atomic mass is 19.1. The average Bonchev–Trinajstić information content (AvgIpc) is 2.67. The fraction of sp³-hybridized carbons (Fsp3) is 0.100. The molecule has 0 aliphatic carbocycles. The third-order valence-corrected chi connectivity index (χ3v) is 3.88. The van der Waals surface area contributed by atoms with Gasteiger partial charge in [0, 0.05) is 36.0 Å². The minimum Gasteiger partial charge on any atom is -0.439 e. The summed E-state index contributed by atoms with van der Waals surface area (Å²) in [7, 11) is 0. The highest BCUT2D eigenvalue weighted by Crippen LogP contribution is 2.23. The fourth-order valence-electron chi connectivity index (χ4n) is 2.56. The second-order valence-corrected chi connectivity index (χ2v) is 5.87. The van der Waals surface area contributed by atoms with Gasteiger partial charge in [0.05, 0.1) is 11.3 Å². The van der Waals surface area contributed by atoms with Crippen LogP contribution in [0.25, 0.3) is 0 Å². The van der Waals surface area contributed by atoms with E-state index in [9.17, 15) is 19.3 Å². The SMILES string of the molecule is O=C(Cc1ccccc1[N+](=O)[O-])NCc1cccnc1Oc1cccc(F)c1. The molecule has 0 unspecified atom stereocenters. The number of hydrogen-bond acceptors (Lipinski definition) is 5. The first kappa shape index (κ1) is 19.0. The number of amides is 1. The van der Waals surface area contributed by atoms with Gasteiger partial charge in [0.2, 0.25) is 11.8 Å². The second kappa shape index (κ2) is 8.72. The Labute approximate surface area is 160 Å². The Bertz CT molecular complexity index is 1010. The number of rotatable bonds is 7. The molecule has 0 atom stereocenters. The van der Waals surface area contributed by atoms with E-state index in [0.29, 0.717) is 11.1 Å². The first-order chi connectivity index (χ1) is 13.5. The molecule has 0 fully saturated rings. The molecule has 0 saturated carbocycles. The van der Waals surface area contributed by atoms with Gasteiger partial charge in [-0.05, 0) is 18.2 Å². The molecule has 0 aliphatic rings. The van der Waals surface area contributed by atoms with Crippen LogP contribution in [0.3, 0.4) is 0 Å². The standard InChI is InChI=1S/C20H16FN3O4/c21-16-7-3-8-17(12-16)28-20-15(6-4-10-22-20)13-23-19(25)11-14-5-1-2-9-18(14)24(26)27/h1-10,12H,11,13H2,(H,23,25). The van der Waals surface area contributed by atoms with E-state index < -0.39 is 10.7 Å². The van der Waals surface area contributed by atoms with Crippen molar-refractivity contribution in [1.82, 2.24) is 10.3 Å². The smallest absolute Gasteiger partial charge is 0.273 e. The molecule has 3 rings (SSSR count). The predicted octanol–water partition coefficient (Wildman–Crippen LogP) is 3.78. The lowest BCUT2D eigenvalue weighted by molar-refractivity contribution is -0.385. The van der Waals surface area contributed by atoms with Crippen molar-refractivity contribution in [3.63, 3.8) is 0 Å². The van der Waals surface area contributed by atoms with Crippen molar-refractivity contribution in [2.75, 3.05) is 0 Å². The number of nitro benzene ring substituents is 1. The summed E-state index contributed by atoms with van der Waals surface area (Å²) < 4.78 is 18.9. The number of benzene rings is 2. The highest BCUT2D eigenvalue weighted by Gasteiger charge is 2.16. The van der Waals surface area contributed by atoms with Crippen molar-refractivity contribution in [1.29, 1.82) is 0 Å². The van der Waals surface area contributed by atoms with Crippen LogP contribution in [0.5, 0.6) is 11.6 Å². The Morgan fingerprint density at radius 2 is 1.89 bits per heavy atom. The van der Waals surface area contributed by atoms with Crippen molar-refractivity contribution >= 4 is 11.6 Å². The number of pyridine rings is 1. The van der Waals surface area contributed by atoms with Gasteiger partial charge in [-0.1, -0.05) is 30.3 Å². The van der Waals surface area contributed by atoms with E-state index >= 15 is 0 Å². The number of halogens is 1. The maximum Gasteiger partial charge on any atom is 0.273 e. The van der Waals surface area contributed by atoms with E-state index in [1.807, 2.05) is 0 Å². The molecule has 0 aliphatic heterocycles. The first-order valence-electron chi connectivity index (χ1n) is 8.39. The van der Waals surface area contributed by atoms with Crippen LogP contribution in [-0.2, 0) is 17.8 Å². The largest absolute Gasteiger partial charge is 0.439 e. The van der Waals surface area contributed by atoms with Crippen LogP contribution in [0.4, 0.5) is 10.1 Å². The molecule has 0 bridgehead atoms. The summed E-state index contributed by atoms with van der Waals surface area (Å²) >= 11 is 0. The minimum absolute atomic E-state index is 0.103. The van der Waals surface area contributed by atoms with Crippen molar-refractivity contribution in [3.05, 3.63) is 93.9 Å². The van der Waals surface area contributed by atoms with Crippen LogP contribution >= 0.6 is 0 Å². The zero-order chi connectivity index (χ0) is 19.9. The quantitative estimate of drug-likeness (QED) is 0.496. The zero-order valence-corrected chi connectivity index (χ0v) is 14.7.